The van der Waals surface area contributed by atoms with Gasteiger partial charge in [-0.25, -0.2) is 14.5 Å². The number of hydrogen-bond donors (Lipinski definition) is 2. The second-order valence-electron chi connectivity index (χ2n) is 7.61. The number of amides is 1. The number of rotatable bonds is 3. The molecular weight excluding hydrogens is 382 g/mol. The van der Waals surface area contributed by atoms with E-state index in [2.05, 4.69) is 35.7 Å². The number of carbonyl (C=O) groups excluding carboxylic acids is 1. The number of aromatic nitrogens is 6. The van der Waals surface area contributed by atoms with Crippen molar-refractivity contribution in [1.82, 2.24) is 34.7 Å². The molecule has 0 aromatic carbocycles. The van der Waals surface area contributed by atoms with E-state index in [4.69, 9.17) is 0 Å². The monoisotopic (exact) mass is 405 g/mol. The zero-order chi connectivity index (χ0) is 20.8. The molecule has 0 saturated carbocycles. The van der Waals surface area contributed by atoms with Crippen LogP contribution in [0, 0.1) is 13.8 Å². The summed E-state index contributed by atoms with van der Waals surface area (Å²) < 4.78 is 3.40. The predicted octanol–water partition coefficient (Wildman–Crippen LogP) is 1.29. The zero-order valence-electron chi connectivity index (χ0n) is 17.2. The Labute approximate surface area is 172 Å². The number of nitrogens with zero attached hydrogens (tertiary/aromatic N) is 7. The number of nitrogens with one attached hydrogen (secondary N) is 2. The molecule has 5 rings (SSSR count). The second kappa shape index (κ2) is 7.06. The standard InChI is InChI=1S/C20H23N9O/c1-12-8-16(25-29-10-13(2)23-18(12)29)24-20(30)14-9-22-19(28-6-4-21-5-7-28)15-11-27(3)26-17(14)15/h8-11,21H,4-7H2,1-3H3,(H,24,25,30). The molecule has 1 amide bonds. The third kappa shape index (κ3) is 3.14. The fraction of sp³-hybridized carbons (Fsp3) is 0.350. The van der Waals surface area contributed by atoms with E-state index >= 15 is 0 Å². The molecule has 0 bridgehead atoms. The first-order valence-electron chi connectivity index (χ1n) is 9.92. The van der Waals surface area contributed by atoms with E-state index in [0.717, 1.165) is 54.3 Å². The fourth-order valence-corrected chi connectivity index (χ4v) is 3.89. The second-order valence-corrected chi connectivity index (χ2v) is 7.61. The van der Waals surface area contributed by atoms with Gasteiger partial charge in [-0.1, -0.05) is 0 Å². The van der Waals surface area contributed by atoms with Crippen molar-refractivity contribution >= 4 is 34.1 Å². The number of hydrogen-bond acceptors (Lipinski definition) is 7. The SMILES string of the molecule is Cc1cn2nc(NC(=O)c3cnc(N4CCNCC4)c4cn(C)nc34)cc(C)c2n1. The van der Waals surface area contributed by atoms with Crippen molar-refractivity contribution in [2.24, 2.45) is 7.05 Å². The highest BCUT2D eigenvalue weighted by atomic mass is 16.1. The summed E-state index contributed by atoms with van der Waals surface area (Å²) in [6.45, 7) is 7.42. The molecule has 4 aromatic heterocycles. The van der Waals surface area contributed by atoms with Crippen molar-refractivity contribution in [1.29, 1.82) is 0 Å². The van der Waals surface area contributed by atoms with Gasteiger partial charge in [0.05, 0.1) is 22.8 Å². The van der Waals surface area contributed by atoms with Crippen LogP contribution in [0.15, 0.2) is 24.7 Å². The minimum atomic E-state index is -0.291. The van der Waals surface area contributed by atoms with Crippen molar-refractivity contribution in [2.75, 3.05) is 36.4 Å². The van der Waals surface area contributed by atoms with Crippen LogP contribution < -0.4 is 15.5 Å². The Morgan fingerprint density at radius 2 is 1.97 bits per heavy atom. The van der Waals surface area contributed by atoms with Crippen LogP contribution in [0.25, 0.3) is 16.6 Å². The Balaban J connectivity index is 1.51. The average Bonchev–Trinajstić information content (AvgIpc) is 3.29. The summed E-state index contributed by atoms with van der Waals surface area (Å²) in [5, 5.41) is 16.1. The molecule has 30 heavy (non-hydrogen) atoms. The van der Waals surface area contributed by atoms with Crippen LogP contribution in [-0.2, 0) is 7.05 Å². The predicted molar refractivity (Wildman–Crippen MR) is 114 cm³/mol. The lowest BCUT2D eigenvalue weighted by Gasteiger charge is -2.28. The summed E-state index contributed by atoms with van der Waals surface area (Å²) in [6.07, 6.45) is 5.35. The van der Waals surface area contributed by atoms with Gasteiger partial charge in [0, 0.05) is 45.6 Å². The third-order valence-corrected chi connectivity index (χ3v) is 5.27. The number of imidazole rings is 1. The normalized spacial score (nSPS) is 14.6. The maximum Gasteiger partial charge on any atom is 0.260 e. The van der Waals surface area contributed by atoms with Crippen molar-refractivity contribution < 1.29 is 4.79 Å². The Bertz CT molecular complexity index is 1270. The molecule has 1 aliphatic rings. The largest absolute Gasteiger partial charge is 0.353 e. The van der Waals surface area contributed by atoms with Crippen LogP contribution in [0.4, 0.5) is 11.6 Å². The summed E-state index contributed by atoms with van der Waals surface area (Å²) >= 11 is 0. The smallest absolute Gasteiger partial charge is 0.260 e. The highest BCUT2D eigenvalue weighted by Crippen LogP contribution is 2.27. The number of carbonyl (C=O) groups is 1. The average molecular weight is 405 g/mol. The van der Waals surface area contributed by atoms with E-state index < -0.39 is 0 Å². The minimum Gasteiger partial charge on any atom is -0.353 e. The summed E-state index contributed by atoms with van der Waals surface area (Å²) in [6, 6.07) is 1.82. The molecule has 5 heterocycles. The fourth-order valence-electron chi connectivity index (χ4n) is 3.89. The first-order chi connectivity index (χ1) is 14.5. The van der Waals surface area contributed by atoms with Gasteiger partial charge in [-0.2, -0.15) is 5.10 Å². The number of piperazine rings is 1. The van der Waals surface area contributed by atoms with Gasteiger partial charge in [0.15, 0.2) is 11.5 Å². The van der Waals surface area contributed by atoms with Gasteiger partial charge in [-0.15, -0.1) is 5.10 Å². The van der Waals surface area contributed by atoms with Gasteiger partial charge in [0.25, 0.3) is 5.91 Å². The van der Waals surface area contributed by atoms with Gasteiger partial charge in [0.2, 0.25) is 0 Å². The highest BCUT2D eigenvalue weighted by Gasteiger charge is 2.21. The highest BCUT2D eigenvalue weighted by molar-refractivity contribution is 6.12. The lowest BCUT2D eigenvalue weighted by atomic mass is 10.1. The number of anilines is 2. The third-order valence-electron chi connectivity index (χ3n) is 5.27. The molecule has 2 N–H and O–H groups in total. The van der Waals surface area contributed by atoms with Gasteiger partial charge >= 0.3 is 0 Å². The lowest BCUT2D eigenvalue weighted by Crippen LogP contribution is -2.44. The molecule has 1 aliphatic heterocycles. The first-order valence-corrected chi connectivity index (χ1v) is 9.92. The molecule has 0 radical (unpaired) electrons. The van der Waals surface area contributed by atoms with Crippen LogP contribution in [-0.4, -0.2) is 61.4 Å². The van der Waals surface area contributed by atoms with Crippen molar-refractivity contribution in [2.45, 2.75) is 13.8 Å². The molecule has 0 unspecified atom stereocenters. The number of aryl methyl sites for hydroxylation is 3. The van der Waals surface area contributed by atoms with E-state index in [1.165, 1.54) is 0 Å². The van der Waals surface area contributed by atoms with E-state index in [0.29, 0.717) is 16.9 Å². The van der Waals surface area contributed by atoms with Crippen LogP contribution >= 0.6 is 0 Å². The summed E-state index contributed by atoms with van der Waals surface area (Å²) in [7, 11) is 1.85. The van der Waals surface area contributed by atoms with Gasteiger partial charge in [-0.3, -0.25) is 9.48 Å². The first kappa shape index (κ1) is 18.5. The molecule has 0 atom stereocenters. The molecule has 10 nitrogen and oxygen atoms in total. The Morgan fingerprint density at radius 3 is 2.77 bits per heavy atom. The van der Waals surface area contributed by atoms with E-state index in [-0.39, 0.29) is 5.91 Å². The maximum absolute atomic E-state index is 13.1. The van der Waals surface area contributed by atoms with Crippen molar-refractivity contribution in [3.63, 3.8) is 0 Å². The summed E-state index contributed by atoms with van der Waals surface area (Å²) in [5.41, 5.74) is 3.64. The number of pyridine rings is 1. The van der Waals surface area contributed by atoms with Gasteiger partial charge in [0.1, 0.15) is 11.3 Å². The molecule has 1 saturated heterocycles. The van der Waals surface area contributed by atoms with Crippen molar-refractivity contribution in [3.05, 3.63) is 41.5 Å². The quantitative estimate of drug-likeness (QED) is 0.529. The molecule has 4 aromatic rings. The zero-order valence-corrected chi connectivity index (χ0v) is 17.2. The van der Waals surface area contributed by atoms with Crippen LogP contribution in [0.1, 0.15) is 21.6 Å². The topological polar surface area (TPSA) is 105 Å². The minimum absolute atomic E-state index is 0.291. The Kier molecular flexibility index (Phi) is 4.35. The van der Waals surface area contributed by atoms with E-state index in [1.807, 2.05) is 39.4 Å². The van der Waals surface area contributed by atoms with Gasteiger partial charge < -0.3 is 15.5 Å². The molecule has 0 spiro atoms. The number of fused-ring (bicyclic) bond motifs is 2. The summed E-state index contributed by atoms with van der Waals surface area (Å²) in [4.78, 5) is 24.4. The molecule has 0 aliphatic carbocycles. The van der Waals surface area contributed by atoms with Crippen LogP contribution in [0.2, 0.25) is 0 Å². The van der Waals surface area contributed by atoms with Crippen LogP contribution in [0.3, 0.4) is 0 Å². The maximum atomic E-state index is 13.1. The lowest BCUT2D eigenvalue weighted by molar-refractivity contribution is 0.102. The molecular formula is C20H23N9O. The summed E-state index contributed by atoms with van der Waals surface area (Å²) in [5.74, 6) is 1.03. The Hall–Kier alpha value is -3.53. The molecule has 10 heteroatoms. The van der Waals surface area contributed by atoms with Crippen LogP contribution in [0.5, 0.6) is 0 Å². The molecule has 154 valence electrons. The van der Waals surface area contributed by atoms with Crippen molar-refractivity contribution in [3.8, 4) is 0 Å². The van der Waals surface area contributed by atoms with E-state index in [1.54, 1.807) is 15.4 Å². The van der Waals surface area contributed by atoms with Gasteiger partial charge in [-0.05, 0) is 25.5 Å². The van der Waals surface area contributed by atoms with E-state index in [9.17, 15) is 4.79 Å². The Morgan fingerprint density at radius 1 is 1.17 bits per heavy atom. The molecule has 1 fully saturated rings.